The number of amides is 2. The van der Waals surface area contributed by atoms with E-state index in [0.29, 0.717) is 6.61 Å². The fourth-order valence-corrected chi connectivity index (χ4v) is 2.93. The van der Waals surface area contributed by atoms with Crippen molar-refractivity contribution in [2.45, 2.75) is 37.6 Å². The summed E-state index contributed by atoms with van der Waals surface area (Å²) in [7, 11) is -3.88. The zero-order valence-electron chi connectivity index (χ0n) is 12.8. The SMILES string of the molecule is Cc1ccc(S(=O)(=O)NC(=O)NCC2COC(C)(C)O2)cc1. The van der Waals surface area contributed by atoms with Gasteiger partial charge in [-0.3, -0.25) is 0 Å². The number of aryl methyl sites for hydroxylation is 1. The van der Waals surface area contributed by atoms with Gasteiger partial charge in [0.25, 0.3) is 10.0 Å². The van der Waals surface area contributed by atoms with Crippen LogP contribution in [0, 0.1) is 6.92 Å². The van der Waals surface area contributed by atoms with Crippen LogP contribution < -0.4 is 10.0 Å². The smallest absolute Gasteiger partial charge is 0.328 e. The molecule has 0 saturated carbocycles. The molecule has 1 aliphatic rings. The van der Waals surface area contributed by atoms with Gasteiger partial charge in [0.15, 0.2) is 5.79 Å². The van der Waals surface area contributed by atoms with E-state index in [0.717, 1.165) is 5.56 Å². The van der Waals surface area contributed by atoms with E-state index in [4.69, 9.17) is 9.47 Å². The van der Waals surface area contributed by atoms with Crippen LogP contribution in [0.5, 0.6) is 0 Å². The maximum Gasteiger partial charge on any atom is 0.328 e. The van der Waals surface area contributed by atoms with Gasteiger partial charge in [0.05, 0.1) is 11.5 Å². The third-order valence-electron chi connectivity index (χ3n) is 3.12. The molecule has 1 heterocycles. The quantitative estimate of drug-likeness (QED) is 0.864. The van der Waals surface area contributed by atoms with Gasteiger partial charge in [-0.1, -0.05) is 17.7 Å². The van der Waals surface area contributed by atoms with Gasteiger partial charge in [-0.05, 0) is 32.9 Å². The van der Waals surface area contributed by atoms with Crippen LogP contribution in [0.2, 0.25) is 0 Å². The number of hydrogen-bond acceptors (Lipinski definition) is 5. The van der Waals surface area contributed by atoms with Crippen molar-refractivity contribution in [3.8, 4) is 0 Å². The largest absolute Gasteiger partial charge is 0.348 e. The minimum atomic E-state index is -3.88. The number of rotatable bonds is 4. The number of carbonyl (C=O) groups excluding carboxylic acids is 1. The van der Waals surface area contributed by atoms with E-state index in [1.807, 2.05) is 11.6 Å². The third-order valence-corrected chi connectivity index (χ3v) is 4.46. The van der Waals surface area contributed by atoms with Crippen molar-refractivity contribution in [2.24, 2.45) is 0 Å². The van der Waals surface area contributed by atoms with Crippen LogP contribution in [0.25, 0.3) is 0 Å². The summed E-state index contributed by atoms with van der Waals surface area (Å²) in [6.45, 7) is 5.90. The van der Waals surface area contributed by atoms with Crippen LogP contribution in [0.3, 0.4) is 0 Å². The number of hydrogen-bond donors (Lipinski definition) is 2. The summed E-state index contributed by atoms with van der Waals surface area (Å²) in [5, 5.41) is 2.47. The van der Waals surface area contributed by atoms with E-state index in [9.17, 15) is 13.2 Å². The average Bonchev–Trinajstić information content (AvgIpc) is 2.76. The summed E-state index contributed by atoms with van der Waals surface area (Å²) in [4.78, 5) is 11.8. The van der Waals surface area contributed by atoms with E-state index in [-0.39, 0.29) is 17.5 Å². The zero-order valence-corrected chi connectivity index (χ0v) is 13.6. The molecule has 1 atom stereocenters. The van der Waals surface area contributed by atoms with Crippen molar-refractivity contribution in [2.75, 3.05) is 13.2 Å². The predicted molar refractivity (Wildman–Crippen MR) is 79.8 cm³/mol. The van der Waals surface area contributed by atoms with Gasteiger partial charge < -0.3 is 14.8 Å². The molecule has 122 valence electrons. The minimum absolute atomic E-state index is 0.0369. The molecule has 0 bridgehead atoms. The number of ether oxygens (including phenoxy) is 2. The summed E-state index contributed by atoms with van der Waals surface area (Å²) < 4.78 is 36.9. The topological polar surface area (TPSA) is 93.7 Å². The van der Waals surface area contributed by atoms with Crippen molar-refractivity contribution in [1.82, 2.24) is 10.0 Å². The van der Waals surface area contributed by atoms with Crippen molar-refractivity contribution in [3.05, 3.63) is 29.8 Å². The monoisotopic (exact) mass is 328 g/mol. The van der Waals surface area contributed by atoms with Gasteiger partial charge in [-0.25, -0.2) is 17.9 Å². The molecule has 1 aliphatic heterocycles. The maximum absolute atomic E-state index is 12.0. The van der Waals surface area contributed by atoms with E-state index < -0.39 is 21.8 Å². The van der Waals surface area contributed by atoms with Gasteiger partial charge in [0.1, 0.15) is 6.10 Å². The van der Waals surface area contributed by atoms with E-state index >= 15 is 0 Å². The van der Waals surface area contributed by atoms with Gasteiger partial charge in [0.2, 0.25) is 0 Å². The standard InChI is InChI=1S/C14H20N2O5S/c1-10-4-6-12(7-5-10)22(18,19)16-13(17)15-8-11-9-20-14(2,3)21-11/h4-7,11H,8-9H2,1-3H3,(H2,15,16,17). The highest BCUT2D eigenvalue weighted by Crippen LogP contribution is 2.21. The lowest BCUT2D eigenvalue weighted by molar-refractivity contribution is -0.137. The van der Waals surface area contributed by atoms with Crippen molar-refractivity contribution in [1.29, 1.82) is 0 Å². The van der Waals surface area contributed by atoms with E-state index in [2.05, 4.69) is 5.32 Å². The molecule has 0 aliphatic carbocycles. The molecular formula is C14H20N2O5S. The third kappa shape index (κ3) is 4.43. The number of urea groups is 1. The lowest BCUT2D eigenvalue weighted by Crippen LogP contribution is -2.43. The van der Waals surface area contributed by atoms with E-state index in [1.54, 1.807) is 26.0 Å². The Labute approximate surface area is 130 Å². The highest BCUT2D eigenvalue weighted by Gasteiger charge is 2.32. The fourth-order valence-electron chi connectivity index (χ4n) is 2.00. The van der Waals surface area contributed by atoms with Crippen molar-refractivity contribution < 1.29 is 22.7 Å². The Morgan fingerprint density at radius 2 is 1.95 bits per heavy atom. The highest BCUT2D eigenvalue weighted by atomic mass is 32.2. The van der Waals surface area contributed by atoms with Crippen LogP contribution in [0.1, 0.15) is 19.4 Å². The first-order chi connectivity index (χ1) is 10.2. The second-order valence-electron chi connectivity index (χ2n) is 5.58. The Hall–Kier alpha value is -1.64. The first-order valence-electron chi connectivity index (χ1n) is 6.87. The Morgan fingerprint density at radius 3 is 2.50 bits per heavy atom. The summed E-state index contributed by atoms with van der Waals surface area (Å²) in [6.07, 6.45) is -0.303. The highest BCUT2D eigenvalue weighted by molar-refractivity contribution is 7.90. The molecule has 0 aromatic heterocycles. The van der Waals surface area contributed by atoms with Crippen LogP contribution in [0.15, 0.2) is 29.2 Å². The summed E-state index contributed by atoms with van der Waals surface area (Å²) in [5.41, 5.74) is 0.935. The molecule has 1 aromatic rings. The molecular weight excluding hydrogens is 308 g/mol. The Morgan fingerprint density at radius 1 is 1.32 bits per heavy atom. The molecule has 8 heteroatoms. The van der Waals surface area contributed by atoms with Crippen molar-refractivity contribution >= 4 is 16.1 Å². The molecule has 1 unspecified atom stereocenters. The molecule has 1 aromatic carbocycles. The van der Waals surface area contributed by atoms with Gasteiger partial charge >= 0.3 is 6.03 Å². The molecule has 2 amide bonds. The number of sulfonamides is 1. The summed E-state index contributed by atoms with van der Waals surface area (Å²) in [6, 6.07) is 5.42. The predicted octanol–water partition coefficient (Wildman–Crippen LogP) is 1.13. The first-order valence-corrected chi connectivity index (χ1v) is 8.35. The fraction of sp³-hybridized carbons (Fsp3) is 0.500. The molecule has 1 fully saturated rings. The number of carbonyl (C=O) groups is 1. The lowest BCUT2D eigenvalue weighted by Gasteiger charge is -2.17. The molecule has 0 spiro atoms. The van der Waals surface area contributed by atoms with Gasteiger partial charge in [-0.2, -0.15) is 0 Å². The molecule has 2 rings (SSSR count). The molecule has 0 radical (unpaired) electrons. The Bertz CT molecular complexity index is 640. The van der Waals surface area contributed by atoms with Crippen molar-refractivity contribution in [3.63, 3.8) is 0 Å². The second-order valence-corrected chi connectivity index (χ2v) is 7.26. The normalized spacial score (nSPS) is 20.6. The molecule has 1 saturated heterocycles. The lowest BCUT2D eigenvalue weighted by atomic mass is 10.2. The minimum Gasteiger partial charge on any atom is -0.348 e. The molecule has 7 nitrogen and oxygen atoms in total. The van der Waals surface area contributed by atoms with Crippen LogP contribution in [-0.4, -0.2) is 39.5 Å². The van der Waals surface area contributed by atoms with Crippen LogP contribution >= 0.6 is 0 Å². The summed E-state index contributed by atoms with van der Waals surface area (Å²) in [5.74, 6) is -0.684. The van der Waals surface area contributed by atoms with Crippen LogP contribution in [-0.2, 0) is 19.5 Å². The summed E-state index contributed by atoms with van der Waals surface area (Å²) >= 11 is 0. The molecule has 2 N–H and O–H groups in total. The van der Waals surface area contributed by atoms with Gasteiger partial charge in [0, 0.05) is 6.54 Å². The Kier molecular flexibility index (Phi) is 4.74. The number of nitrogens with one attached hydrogen (secondary N) is 2. The zero-order chi connectivity index (χ0) is 16.4. The first kappa shape index (κ1) is 16.7. The average molecular weight is 328 g/mol. The van der Waals surface area contributed by atoms with Gasteiger partial charge in [-0.15, -0.1) is 0 Å². The maximum atomic E-state index is 12.0. The molecule has 22 heavy (non-hydrogen) atoms. The van der Waals surface area contributed by atoms with Crippen LogP contribution in [0.4, 0.5) is 4.79 Å². The van der Waals surface area contributed by atoms with E-state index in [1.165, 1.54) is 12.1 Å². The number of benzene rings is 1. The Balaban J connectivity index is 1.87. The second kappa shape index (κ2) is 6.23.